The molecule has 1 aliphatic rings. The molecule has 0 spiro atoms. The number of nitrogens with zero attached hydrogens (tertiary/aromatic N) is 1. The third-order valence-corrected chi connectivity index (χ3v) is 4.98. The number of aryl methyl sites for hydroxylation is 1. The average molecular weight is 313 g/mol. The van der Waals surface area contributed by atoms with Gasteiger partial charge >= 0.3 is 0 Å². The van der Waals surface area contributed by atoms with Crippen molar-refractivity contribution in [3.05, 3.63) is 33.9 Å². The Kier molecular flexibility index (Phi) is 4.79. The zero-order valence-electron chi connectivity index (χ0n) is 11.8. The first-order valence-electron chi connectivity index (χ1n) is 6.83. The molecule has 0 aromatic heterocycles. The molecule has 116 valence electrons. The highest BCUT2D eigenvalue weighted by molar-refractivity contribution is 7.92. The van der Waals surface area contributed by atoms with Gasteiger partial charge in [0.2, 0.25) is 10.0 Å². The zero-order chi connectivity index (χ0) is 15.5. The van der Waals surface area contributed by atoms with E-state index in [0.717, 1.165) is 19.4 Å². The monoisotopic (exact) mass is 313 g/mol. The Morgan fingerprint density at radius 3 is 2.81 bits per heavy atom. The molecule has 0 radical (unpaired) electrons. The van der Waals surface area contributed by atoms with Gasteiger partial charge in [0.15, 0.2) is 0 Å². The van der Waals surface area contributed by atoms with Crippen molar-refractivity contribution >= 4 is 21.4 Å². The summed E-state index contributed by atoms with van der Waals surface area (Å²) < 4.78 is 26.9. The maximum atomic E-state index is 12.2. The SMILES string of the molecule is Cc1cc([N+](=O)[O-])ccc1NS(=O)(=O)CC1CCCNC1. The average Bonchev–Trinajstić information content (AvgIpc) is 2.41. The molecule has 0 aliphatic carbocycles. The number of non-ortho nitro benzene ring substituents is 1. The van der Waals surface area contributed by atoms with Crippen LogP contribution in [0.5, 0.6) is 0 Å². The summed E-state index contributed by atoms with van der Waals surface area (Å²) in [5.74, 6) is 0.172. The van der Waals surface area contributed by atoms with Gasteiger partial charge in [0, 0.05) is 12.1 Å². The van der Waals surface area contributed by atoms with Crippen molar-refractivity contribution < 1.29 is 13.3 Å². The van der Waals surface area contributed by atoms with E-state index in [9.17, 15) is 18.5 Å². The predicted octanol–water partition coefficient (Wildman–Crippen LogP) is 1.64. The van der Waals surface area contributed by atoms with Crippen LogP contribution in [0.25, 0.3) is 0 Å². The van der Waals surface area contributed by atoms with Crippen LogP contribution in [0.2, 0.25) is 0 Å². The van der Waals surface area contributed by atoms with Crippen LogP contribution in [0.3, 0.4) is 0 Å². The lowest BCUT2D eigenvalue weighted by Crippen LogP contribution is -2.35. The number of rotatable bonds is 5. The topological polar surface area (TPSA) is 101 Å². The Bertz CT molecular complexity index is 624. The standard InChI is InChI=1S/C13H19N3O4S/c1-10-7-12(16(17)18)4-5-13(10)15-21(19,20)9-11-3-2-6-14-8-11/h4-5,7,11,14-15H,2-3,6,8-9H2,1H3. The summed E-state index contributed by atoms with van der Waals surface area (Å²) in [6, 6.07) is 4.09. The fraction of sp³-hybridized carbons (Fsp3) is 0.538. The van der Waals surface area contributed by atoms with Gasteiger partial charge < -0.3 is 5.32 Å². The number of benzene rings is 1. The van der Waals surface area contributed by atoms with Gasteiger partial charge in [-0.05, 0) is 50.4 Å². The summed E-state index contributed by atoms with van der Waals surface area (Å²) in [6.45, 7) is 3.29. The summed E-state index contributed by atoms with van der Waals surface area (Å²) in [5.41, 5.74) is 0.880. The molecule has 1 saturated heterocycles. The first-order valence-corrected chi connectivity index (χ1v) is 8.49. The molecule has 0 bridgehead atoms. The molecule has 7 nitrogen and oxygen atoms in total. The number of nitrogens with one attached hydrogen (secondary N) is 2. The number of nitro groups is 1. The van der Waals surface area contributed by atoms with Crippen molar-refractivity contribution in [1.82, 2.24) is 5.32 Å². The first-order chi connectivity index (χ1) is 9.87. The van der Waals surface area contributed by atoms with Crippen molar-refractivity contribution in [1.29, 1.82) is 0 Å². The summed E-state index contributed by atoms with van der Waals surface area (Å²) in [7, 11) is -3.45. The Morgan fingerprint density at radius 2 is 2.24 bits per heavy atom. The van der Waals surface area contributed by atoms with Crippen molar-refractivity contribution in [3.8, 4) is 0 Å². The van der Waals surface area contributed by atoms with E-state index < -0.39 is 14.9 Å². The molecule has 1 heterocycles. The molecule has 21 heavy (non-hydrogen) atoms. The number of anilines is 1. The van der Waals surface area contributed by atoms with Gasteiger partial charge in [-0.25, -0.2) is 8.42 Å². The van der Waals surface area contributed by atoms with Crippen LogP contribution in [-0.2, 0) is 10.0 Å². The highest BCUT2D eigenvalue weighted by Gasteiger charge is 2.22. The van der Waals surface area contributed by atoms with Crippen LogP contribution >= 0.6 is 0 Å². The Balaban J connectivity index is 2.07. The van der Waals surface area contributed by atoms with Gasteiger partial charge in [-0.1, -0.05) is 0 Å². The van der Waals surface area contributed by atoms with Crippen molar-refractivity contribution in [2.45, 2.75) is 19.8 Å². The number of sulfonamides is 1. The lowest BCUT2D eigenvalue weighted by Gasteiger charge is -2.22. The lowest BCUT2D eigenvalue weighted by molar-refractivity contribution is -0.384. The van der Waals surface area contributed by atoms with Crippen LogP contribution in [0.1, 0.15) is 18.4 Å². The fourth-order valence-electron chi connectivity index (χ4n) is 2.46. The molecule has 0 saturated carbocycles. The number of nitro benzene ring substituents is 1. The first kappa shape index (κ1) is 15.7. The predicted molar refractivity (Wildman–Crippen MR) is 80.8 cm³/mol. The largest absolute Gasteiger partial charge is 0.316 e. The molecular weight excluding hydrogens is 294 g/mol. The van der Waals surface area contributed by atoms with Crippen molar-refractivity contribution in [2.24, 2.45) is 5.92 Å². The number of hydrogen-bond acceptors (Lipinski definition) is 5. The molecular formula is C13H19N3O4S. The Labute approximate surface area is 123 Å². The molecule has 8 heteroatoms. The quantitative estimate of drug-likeness (QED) is 0.635. The highest BCUT2D eigenvalue weighted by atomic mass is 32.2. The Morgan fingerprint density at radius 1 is 1.48 bits per heavy atom. The minimum Gasteiger partial charge on any atom is -0.316 e. The second kappa shape index (κ2) is 6.40. The molecule has 1 unspecified atom stereocenters. The molecule has 1 fully saturated rings. The van der Waals surface area contributed by atoms with Gasteiger partial charge in [-0.3, -0.25) is 14.8 Å². The van der Waals surface area contributed by atoms with Gasteiger partial charge in [-0.15, -0.1) is 0 Å². The van der Waals surface area contributed by atoms with Crippen LogP contribution < -0.4 is 10.0 Å². The van der Waals surface area contributed by atoms with Crippen LogP contribution in [0.4, 0.5) is 11.4 Å². The summed E-state index contributed by atoms with van der Waals surface area (Å²) in [6.07, 6.45) is 1.88. The molecule has 1 aliphatic heterocycles. The fourth-order valence-corrected chi connectivity index (χ4v) is 4.01. The summed E-state index contributed by atoms with van der Waals surface area (Å²) >= 11 is 0. The van der Waals surface area contributed by atoms with E-state index in [1.165, 1.54) is 18.2 Å². The van der Waals surface area contributed by atoms with Gasteiger partial charge in [0.05, 0.1) is 16.4 Å². The van der Waals surface area contributed by atoms with E-state index >= 15 is 0 Å². The molecule has 1 aromatic carbocycles. The maximum Gasteiger partial charge on any atom is 0.269 e. The maximum absolute atomic E-state index is 12.2. The molecule has 0 amide bonds. The zero-order valence-corrected chi connectivity index (χ0v) is 12.6. The second-order valence-electron chi connectivity index (χ2n) is 5.35. The smallest absolute Gasteiger partial charge is 0.269 e. The third-order valence-electron chi connectivity index (χ3n) is 3.54. The van der Waals surface area contributed by atoms with Crippen LogP contribution in [-0.4, -0.2) is 32.2 Å². The van der Waals surface area contributed by atoms with Gasteiger partial charge in [0.25, 0.3) is 5.69 Å². The number of piperidine rings is 1. The molecule has 1 aromatic rings. The second-order valence-corrected chi connectivity index (χ2v) is 7.12. The third kappa shape index (κ3) is 4.40. The normalized spacial score (nSPS) is 19.2. The van der Waals surface area contributed by atoms with Gasteiger partial charge in [-0.2, -0.15) is 0 Å². The molecule has 1 atom stereocenters. The minimum absolute atomic E-state index is 0.0491. The highest BCUT2D eigenvalue weighted by Crippen LogP contribution is 2.23. The van der Waals surface area contributed by atoms with Gasteiger partial charge in [0.1, 0.15) is 0 Å². The van der Waals surface area contributed by atoms with E-state index in [1.807, 2.05) is 0 Å². The lowest BCUT2D eigenvalue weighted by atomic mass is 10.0. The van der Waals surface area contributed by atoms with E-state index in [4.69, 9.17) is 0 Å². The molecule has 2 N–H and O–H groups in total. The van der Waals surface area contributed by atoms with E-state index in [0.29, 0.717) is 17.8 Å². The summed E-state index contributed by atoms with van der Waals surface area (Å²) in [4.78, 5) is 10.2. The Hall–Kier alpha value is -1.67. The summed E-state index contributed by atoms with van der Waals surface area (Å²) in [5, 5.41) is 13.9. The minimum atomic E-state index is -3.45. The molecule has 2 rings (SSSR count). The van der Waals surface area contributed by atoms with Crippen molar-refractivity contribution in [3.63, 3.8) is 0 Å². The van der Waals surface area contributed by atoms with E-state index in [1.54, 1.807) is 6.92 Å². The number of hydrogen-bond donors (Lipinski definition) is 2. The van der Waals surface area contributed by atoms with Crippen molar-refractivity contribution in [2.75, 3.05) is 23.6 Å². The van der Waals surface area contributed by atoms with Crippen LogP contribution in [0.15, 0.2) is 18.2 Å². The van der Waals surface area contributed by atoms with Crippen LogP contribution in [0, 0.1) is 23.0 Å². The van der Waals surface area contributed by atoms with E-state index in [2.05, 4.69) is 10.0 Å². The van der Waals surface area contributed by atoms with E-state index in [-0.39, 0.29) is 17.4 Å².